The second kappa shape index (κ2) is 7.22. The van der Waals surface area contributed by atoms with Crippen LogP contribution in [0.2, 0.25) is 0 Å². The van der Waals surface area contributed by atoms with Gasteiger partial charge in [-0.25, -0.2) is 0 Å². The SMILES string of the molecule is CCc1ccccc1-c1ccccc1CCON(C)C. The van der Waals surface area contributed by atoms with Crippen LogP contribution in [-0.4, -0.2) is 25.8 Å². The molecule has 2 aromatic rings. The van der Waals surface area contributed by atoms with E-state index in [1.54, 1.807) is 5.06 Å². The van der Waals surface area contributed by atoms with Crippen LogP contribution < -0.4 is 0 Å². The first-order valence-electron chi connectivity index (χ1n) is 7.18. The van der Waals surface area contributed by atoms with Crippen LogP contribution in [0.3, 0.4) is 0 Å². The van der Waals surface area contributed by atoms with Crippen LogP contribution >= 0.6 is 0 Å². The van der Waals surface area contributed by atoms with E-state index in [0.717, 1.165) is 12.8 Å². The zero-order chi connectivity index (χ0) is 14.4. The zero-order valence-corrected chi connectivity index (χ0v) is 12.6. The highest BCUT2D eigenvalue weighted by molar-refractivity contribution is 5.70. The van der Waals surface area contributed by atoms with E-state index in [0.29, 0.717) is 6.61 Å². The van der Waals surface area contributed by atoms with Crippen LogP contribution in [0.25, 0.3) is 11.1 Å². The summed E-state index contributed by atoms with van der Waals surface area (Å²) in [5, 5.41) is 1.75. The van der Waals surface area contributed by atoms with Gasteiger partial charge in [-0.05, 0) is 35.1 Å². The predicted octanol–water partition coefficient (Wildman–Crippen LogP) is 3.95. The summed E-state index contributed by atoms with van der Waals surface area (Å²) in [6, 6.07) is 17.3. The Hall–Kier alpha value is -1.64. The lowest BCUT2D eigenvalue weighted by Gasteiger charge is -2.14. The molecule has 2 nitrogen and oxygen atoms in total. The monoisotopic (exact) mass is 269 g/mol. The van der Waals surface area contributed by atoms with Crippen molar-refractivity contribution >= 4 is 0 Å². The molecule has 0 amide bonds. The molecule has 0 heterocycles. The number of hydroxylamine groups is 2. The minimum atomic E-state index is 0.707. The molecule has 0 saturated carbocycles. The highest BCUT2D eigenvalue weighted by Gasteiger charge is 2.08. The van der Waals surface area contributed by atoms with Crippen molar-refractivity contribution in [2.45, 2.75) is 19.8 Å². The van der Waals surface area contributed by atoms with Gasteiger partial charge in [-0.1, -0.05) is 55.5 Å². The van der Waals surface area contributed by atoms with E-state index in [9.17, 15) is 0 Å². The molecule has 0 aromatic heterocycles. The average Bonchev–Trinajstić information content (AvgIpc) is 2.47. The van der Waals surface area contributed by atoms with E-state index in [-0.39, 0.29) is 0 Å². The molecule has 0 aliphatic rings. The Morgan fingerprint density at radius 2 is 1.40 bits per heavy atom. The molecule has 106 valence electrons. The molecule has 0 spiro atoms. The second-order valence-electron chi connectivity index (χ2n) is 5.06. The summed E-state index contributed by atoms with van der Waals surface area (Å²) in [7, 11) is 3.83. The van der Waals surface area contributed by atoms with E-state index in [4.69, 9.17) is 4.84 Å². The van der Waals surface area contributed by atoms with Crippen molar-refractivity contribution in [1.82, 2.24) is 5.06 Å². The van der Waals surface area contributed by atoms with E-state index in [1.807, 2.05) is 14.1 Å². The van der Waals surface area contributed by atoms with Crippen molar-refractivity contribution in [3.05, 3.63) is 59.7 Å². The third-order valence-electron chi connectivity index (χ3n) is 3.43. The van der Waals surface area contributed by atoms with Crippen LogP contribution in [0.15, 0.2) is 48.5 Å². The number of benzene rings is 2. The molecule has 0 N–H and O–H groups in total. The normalized spacial score (nSPS) is 11.0. The number of hydrogen-bond donors (Lipinski definition) is 0. The molecule has 2 heteroatoms. The van der Waals surface area contributed by atoms with Gasteiger partial charge >= 0.3 is 0 Å². The fraction of sp³-hybridized carbons (Fsp3) is 0.333. The lowest BCUT2D eigenvalue weighted by molar-refractivity contribution is -0.118. The van der Waals surface area contributed by atoms with Crippen LogP contribution in [0.5, 0.6) is 0 Å². The lowest BCUT2D eigenvalue weighted by Crippen LogP contribution is -2.14. The largest absolute Gasteiger partial charge is 0.299 e. The third kappa shape index (κ3) is 3.69. The highest BCUT2D eigenvalue weighted by Crippen LogP contribution is 2.27. The van der Waals surface area contributed by atoms with Gasteiger partial charge in [-0.3, -0.25) is 4.84 Å². The Kier molecular flexibility index (Phi) is 5.33. The molecule has 20 heavy (non-hydrogen) atoms. The molecule has 0 atom stereocenters. The van der Waals surface area contributed by atoms with E-state index >= 15 is 0 Å². The van der Waals surface area contributed by atoms with E-state index in [2.05, 4.69) is 55.5 Å². The predicted molar refractivity (Wildman–Crippen MR) is 84.6 cm³/mol. The van der Waals surface area contributed by atoms with Crippen LogP contribution in [0.1, 0.15) is 18.1 Å². The Labute approximate surface area is 122 Å². The summed E-state index contributed by atoms with van der Waals surface area (Å²) in [5.74, 6) is 0. The van der Waals surface area contributed by atoms with Crippen molar-refractivity contribution in [3.8, 4) is 11.1 Å². The average molecular weight is 269 g/mol. The second-order valence-corrected chi connectivity index (χ2v) is 5.06. The smallest absolute Gasteiger partial charge is 0.0725 e. The Bertz CT molecular complexity index is 549. The summed E-state index contributed by atoms with van der Waals surface area (Å²) in [6.45, 7) is 2.91. The highest BCUT2D eigenvalue weighted by atomic mass is 16.7. The van der Waals surface area contributed by atoms with Crippen molar-refractivity contribution in [1.29, 1.82) is 0 Å². The number of hydrogen-bond acceptors (Lipinski definition) is 2. The standard InChI is InChI=1S/C18H23NO/c1-4-15-9-5-7-11-17(15)18-12-8-6-10-16(18)13-14-20-19(2)3/h5-12H,4,13-14H2,1-3H3. The van der Waals surface area contributed by atoms with Gasteiger partial charge in [-0.15, -0.1) is 0 Å². The zero-order valence-electron chi connectivity index (χ0n) is 12.6. The molecule has 0 bridgehead atoms. The maximum absolute atomic E-state index is 5.53. The number of rotatable bonds is 6. The maximum Gasteiger partial charge on any atom is 0.0725 e. The van der Waals surface area contributed by atoms with Crippen molar-refractivity contribution < 1.29 is 4.84 Å². The molecule has 2 aromatic carbocycles. The summed E-state index contributed by atoms with van der Waals surface area (Å²) >= 11 is 0. The first-order valence-corrected chi connectivity index (χ1v) is 7.18. The van der Waals surface area contributed by atoms with Gasteiger partial charge in [0.25, 0.3) is 0 Å². The first kappa shape index (κ1) is 14.8. The van der Waals surface area contributed by atoms with E-state index < -0.39 is 0 Å². The molecule has 0 fully saturated rings. The Morgan fingerprint density at radius 3 is 2.00 bits per heavy atom. The molecule has 0 unspecified atom stereocenters. The minimum Gasteiger partial charge on any atom is -0.299 e. The molecule has 2 rings (SSSR count). The molecule has 0 aliphatic heterocycles. The van der Waals surface area contributed by atoms with Crippen LogP contribution in [0.4, 0.5) is 0 Å². The Balaban J connectivity index is 2.27. The van der Waals surface area contributed by atoms with Crippen molar-refractivity contribution in [2.24, 2.45) is 0 Å². The molecule has 0 saturated heterocycles. The lowest BCUT2D eigenvalue weighted by atomic mass is 9.93. The minimum absolute atomic E-state index is 0.707. The molecular weight excluding hydrogens is 246 g/mol. The van der Waals surface area contributed by atoms with Gasteiger partial charge in [0.2, 0.25) is 0 Å². The third-order valence-corrected chi connectivity index (χ3v) is 3.43. The summed E-state index contributed by atoms with van der Waals surface area (Å²) in [6.07, 6.45) is 1.98. The van der Waals surface area contributed by atoms with Crippen LogP contribution in [0, 0.1) is 0 Å². The summed E-state index contributed by atoms with van der Waals surface area (Å²) in [4.78, 5) is 5.53. The first-order chi connectivity index (χ1) is 9.72. The van der Waals surface area contributed by atoms with Gasteiger partial charge in [0.1, 0.15) is 0 Å². The Morgan fingerprint density at radius 1 is 0.850 bits per heavy atom. The fourth-order valence-electron chi connectivity index (χ4n) is 2.43. The molecule has 0 radical (unpaired) electrons. The summed E-state index contributed by atoms with van der Waals surface area (Å²) < 4.78 is 0. The van der Waals surface area contributed by atoms with Gasteiger partial charge in [0, 0.05) is 14.1 Å². The van der Waals surface area contributed by atoms with E-state index in [1.165, 1.54) is 22.3 Å². The molecule has 0 aliphatic carbocycles. The van der Waals surface area contributed by atoms with Gasteiger partial charge in [0.15, 0.2) is 0 Å². The summed E-state index contributed by atoms with van der Waals surface area (Å²) in [5.41, 5.74) is 5.41. The number of nitrogens with zero attached hydrogens (tertiary/aromatic N) is 1. The topological polar surface area (TPSA) is 12.5 Å². The fourth-order valence-corrected chi connectivity index (χ4v) is 2.43. The quantitative estimate of drug-likeness (QED) is 0.736. The van der Waals surface area contributed by atoms with Gasteiger partial charge in [-0.2, -0.15) is 5.06 Å². The van der Waals surface area contributed by atoms with Crippen LogP contribution in [-0.2, 0) is 17.7 Å². The van der Waals surface area contributed by atoms with Crippen molar-refractivity contribution in [2.75, 3.05) is 20.7 Å². The van der Waals surface area contributed by atoms with Gasteiger partial charge in [0.05, 0.1) is 6.61 Å². The maximum atomic E-state index is 5.53. The van der Waals surface area contributed by atoms with Crippen molar-refractivity contribution in [3.63, 3.8) is 0 Å². The number of aryl methyl sites for hydroxylation is 1. The molecular formula is C18H23NO. The van der Waals surface area contributed by atoms with Gasteiger partial charge < -0.3 is 0 Å².